The van der Waals surface area contributed by atoms with Gasteiger partial charge >= 0.3 is 0 Å². The van der Waals surface area contributed by atoms with E-state index in [1.807, 2.05) is 18.2 Å². The first-order chi connectivity index (χ1) is 11.2. The maximum Gasteiger partial charge on any atom is 0.214 e. The molecule has 0 aliphatic carbocycles. The molecule has 0 unspecified atom stereocenters. The number of fused-ring (bicyclic) bond motifs is 3. The van der Waals surface area contributed by atoms with E-state index in [2.05, 4.69) is 19.9 Å². The molecule has 0 spiro atoms. The molecular formula is C16H10F2N4S. The minimum Gasteiger partial charge on any atom is -0.339 e. The topological polar surface area (TPSA) is 53.9 Å². The second kappa shape index (κ2) is 5.58. The molecule has 7 heteroatoms. The van der Waals surface area contributed by atoms with Gasteiger partial charge in [0.05, 0.1) is 11.2 Å². The Bertz CT molecular complexity index is 1060. The molecule has 0 fully saturated rings. The summed E-state index contributed by atoms with van der Waals surface area (Å²) >= 11 is -0.0881. The fourth-order valence-corrected chi connectivity index (χ4v) is 2.93. The molecule has 4 heterocycles. The van der Waals surface area contributed by atoms with E-state index in [9.17, 15) is 8.28 Å². The molecule has 3 aromatic rings. The monoisotopic (exact) mass is 328 g/mol. The second-order valence-corrected chi connectivity index (χ2v) is 5.62. The van der Waals surface area contributed by atoms with E-state index in [4.69, 9.17) is 0 Å². The third-order valence-electron chi connectivity index (χ3n) is 3.63. The summed E-state index contributed by atoms with van der Waals surface area (Å²) in [5.74, 6) is -0.729. The van der Waals surface area contributed by atoms with Crippen LogP contribution in [0, 0.1) is 5.95 Å². The van der Waals surface area contributed by atoms with Crippen LogP contribution in [0.25, 0.3) is 22.7 Å². The lowest BCUT2D eigenvalue weighted by Crippen LogP contribution is -2.22. The summed E-state index contributed by atoms with van der Waals surface area (Å²) < 4.78 is 26.3. The molecule has 23 heavy (non-hydrogen) atoms. The lowest BCUT2D eigenvalue weighted by molar-refractivity contribution is 0.570. The van der Waals surface area contributed by atoms with E-state index in [1.165, 1.54) is 12.1 Å². The Morgan fingerprint density at radius 3 is 3.00 bits per heavy atom. The highest BCUT2D eigenvalue weighted by Crippen LogP contribution is 2.24. The summed E-state index contributed by atoms with van der Waals surface area (Å²) in [6.45, 7) is 0. The molecular weight excluding hydrogens is 318 g/mol. The van der Waals surface area contributed by atoms with Crippen LogP contribution >= 0.6 is 12.1 Å². The van der Waals surface area contributed by atoms with Gasteiger partial charge in [0.25, 0.3) is 0 Å². The van der Waals surface area contributed by atoms with Crippen LogP contribution in [-0.2, 0) is 0 Å². The summed E-state index contributed by atoms with van der Waals surface area (Å²) in [5.41, 5.74) is 2.70. The van der Waals surface area contributed by atoms with Gasteiger partial charge in [-0.25, -0.2) is 9.98 Å². The van der Waals surface area contributed by atoms with Gasteiger partial charge in [-0.1, -0.05) is 12.2 Å². The van der Waals surface area contributed by atoms with Crippen molar-refractivity contribution in [1.82, 2.24) is 15.0 Å². The zero-order valence-corrected chi connectivity index (χ0v) is 12.6. The van der Waals surface area contributed by atoms with Gasteiger partial charge in [-0.15, -0.1) is 0 Å². The fourth-order valence-electron chi connectivity index (χ4n) is 2.63. The van der Waals surface area contributed by atoms with Crippen LogP contribution in [0.15, 0.2) is 46.7 Å². The van der Waals surface area contributed by atoms with E-state index in [1.54, 1.807) is 12.4 Å². The molecule has 0 aromatic carbocycles. The Morgan fingerprint density at radius 1 is 1.22 bits per heavy atom. The Hall–Kier alpha value is -2.54. The standard InChI is InChI=1S/C16H10F2N4S/c17-14-6-9(7-15(22-14)23-18)12-3-1-2-10-11-8-19-5-4-13(11)21-16(10)20-12/h2-8H,1H2,(H,20,21). The number of H-pyrrole nitrogens is 1. The summed E-state index contributed by atoms with van der Waals surface area (Å²) in [4.78, 5) is 15.4. The number of rotatable bonds is 2. The Kier molecular flexibility index (Phi) is 3.42. The van der Waals surface area contributed by atoms with E-state index in [0.29, 0.717) is 23.2 Å². The molecule has 0 saturated heterocycles. The molecule has 0 amide bonds. The van der Waals surface area contributed by atoms with Crippen molar-refractivity contribution < 1.29 is 8.28 Å². The van der Waals surface area contributed by atoms with Gasteiger partial charge in [-0.05, 0) is 18.6 Å². The van der Waals surface area contributed by atoms with E-state index in [0.717, 1.165) is 16.1 Å². The predicted molar refractivity (Wildman–Crippen MR) is 85.1 cm³/mol. The van der Waals surface area contributed by atoms with Gasteiger partial charge in [0, 0.05) is 34.6 Å². The van der Waals surface area contributed by atoms with Crippen molar-refractivity contribution in [2.24, 2.45) is 4.99 Å². The average Bonchev–Trinajstić information content (AvgIpc) is 2.77. The number of nitrogens with one attached hydrogen (secondary N) is 1. The zero-order valence-electron chi connectivity index (χ0n) is 11.8. The van der Waals surface area contributed by atoms with Crippen LogP contribution in [0.5, 0.6) is 0 Å². The molecule has 1 aliphatic heterocycles. The second-order valence-electron chi connectivity index (χ2n) is 5.04. The number of aromatic nitrogens is 3. The summed E-state index contributed by atoms with van der Waals surface area (Å²) in [6, 6.07) is 4.61. The van der Waals surface area contributed by atoms with Crippen molar-refractivity contribution in [3.63, 3.8) is 0 Å². The normalized spacial score (nSPS) is 13.7. The summed E-state index contributed by atoms with van der Waals surface area (Å²) in [7, 11) is 0. The van der Waals surface area contributed by atoms with Gasteiger partial charge in [0.15, 0.2) is 0 Å². The van der Waals surface area contributed by atoms with Crippen LogP contribution in [-0.4, -0.2) is 15.0 Å². The van der Waals surface area contributed by atoms with Crippen LogP contribution in [0.4, 0.5) is 8.28 Å². The van der Waals surface area contributed by atoms with Crippen molar-refractivity contribution >= 4 is 34.8 Å². The molecule has 1 N–H and O–H groups in total. The highest BCUT2D eigenvalue weighted by Gasteiger charge is 2.10. The number of hydrogen-bond donors (Lipinski definition) is 1. The quantitative estimate of drug-likeness (QED) is 0.736. The summed E-state index contributed by atoms with van der Waals surface area (Å²) in [6.07, 6.45) is 8.03. The smallest absolute Gasteiger partial charge is 0.214 e. The fraction of sp³-hybridized carbons (Fsp3) is 0.0625. The number of halogens is 2. The number of pyridine rings is 2. The van der Waals surface area contributed by atoms with Crippen LogP contribution in [0.2, 0.25) is 0 Å². The highest BCUT2D eigenvalue weighted by molar-refractivity contribution is 7.94. The molecule has 4 nitrogen and oxygen atoms in total. The minimum atomic E-state index is -0.729. The van der Waals surface area contributed by atoms with Crippen molar-refractivity contribution in [3.8, 4) is 0 Å². The summed E-state index contributed by atoms with van der Waals surface area (Å²) in [5, 5.41) is 1.93. The van der Waals surface area contributed by atoms with E-state index in [-0.39, 0.29) is 17.2 Å². The Labute approximate surface area is 134 Å². The van der Waals surface area contributed by atoms with Crippen molar-refractivity contribution in [3.05, 3.63) is 58.9 Å². The highest BCUT2D eigenvalue weighted by atomic mass is 32.2. The molecule has 114 valence electrons. The van der Waals surface area contributed by atoms with Gasteiger partial charge in [0.2, 0.25) is 5.95 Å². The SMILES string of the molecule is FSc1cc(C2=CCC=c3c([nH]c4ccncc34)=N2)cc(F)n1. The van der Waals surface area contributed by atoms with Gasteiger partial charge in [-0.2, -0.15) is 8.28 Å². The number of hydrogen-bond acceptors (Lipinski definition) is 4. The third kappa shape index (κ3) is 2.53. The number of aromatic amines is 1. The van der Waals surface area contributed by atoms with Crippen molar-refractivity contribution in [2.45, 2.75) is 11.4 Å². The van der Waals surface area contributed by atoms with Crippen LogP contribution in [0.1, 0.15) is 12.0 Å². The zero-order chi connectivity index (χ0) is 15.8. The van der Waals surface area contributed by atoms with Crippen LogP contribution < -0.4 is 10.7 Å². The maximum atomic E-state index is 13.6. The molecule has 0 bridgehead atoms. The number of nitrogens with zero attached hydrogens (tertiary/aromatic N) is 3. The first-order valence-corrected chi connectivity index (χ1v) is 7.63. The first-order valence-electron chi connectivity index (χ1n) is 6.92. The molecule has 1 aliphatic rings. The molecule has 3 aromatic heterocycles. The molecule has 0 atom stereocenters. The first kappa shape index (κ1) is 14.1. The van der Waals surface area contributed by atoms with Crippen molar-refractivity contribution in [2.75, 3.05) is 0 Å². The lowest BCUT2D eigenvalue weighted by Gasteiger charge is -2.02. The Morgan fingerprint density at radius 2 is 2.13 bits per heavy atom. The Balaban J connectivity index is 1.91. The van der Waals surface area contributed by atoms with Crippen LogP contribution in [0.3, 0.4) is 0 Å². The average molecular weight is 328 g/mol. The van der Waals surface area contributed by atoms with E-state index >= 15 is 0 Å². The number of allylic oxidation sites excluding steroid dienone is 1. The van der Waals surface area contributed by atoms with E-state index < -0.39 is 5.95 Å². The van der Waals surface area contributed by atoms with Gasteiger partial charge in [-0.3, -0.25) is 4.98 Å². The minimum absolute atomic E-state index is 0.0228. The molecule has 4 rings (SSSR count). The molecule has 0 radical (unpaired) electrons. The van der Waals surface area contributed by atoms with Crippen molar-refractivity contribution in [1.29, 1.82) is 0 Å². The predicted octanol–water partition coefficient (Wildman–Crippen LogP) is 2.92. The molecule has 0 saturated carbocycles. The maximum absolute atomic E-state index is 13.6. The third-order valence-corrected chi connectivity index (χ3v) is 4.00. The van der Waals surface area contributed by atoms with Gasteiger partial charge < -0.3 is 4.98 Å². The largest absolute Gasteiger partial charge is 0.339 e. The van der Waals surface area contributed by atoms with Gasteiger partial charge in [0.1, 0.15) is 22.7 Å². The lowest BCUT2D eigenvalue weighted by atomic mass is 10.2.